The minimum Gasteiger partial charge on any atom is -0.497 e. The van der Waals surface area contributed by atoms with Crippen LogP contribution in [0.2, 0.25) is 0 Å². The highest BCUT2D eigenvalue weighted by Crippen LogP contribution is 2.34. The second-order valence-corrected chi connectivity index (χ2v) is 6.38. The molecule has 2 aromatic rings. The van der Waals surface area contributed by atoms with Crippen molar-refractivity contribution in [3.63, 3.8) is 0 Å². The number of ether oxygens (including phenoxy) is 3. The summed E-state index contributed by atoms with van der Waals surface area (Å²) in [6.45, 7) is 0.794. The van der Waals surface area contributed by atoms with E-state index in [1.807, 2.05) is 47.4 Å². The van der Waals surface area contributed by atoms with Crippen molar-refractivity contribution in [2.45, 2.75) is 25.3 Å². The third-order valence-corrected chi connectivity index (χ3v) is 4.88. The van der Waals surface area contributed by atoms with Gasteiger partial charge in [-0.2, -0.15) is 0 Å². The lowest BCUT2D eigenvalue weighted by atomic mass is 10.0. The van der Waals surface area contributed by atoms with Crippen LogP contribution in [0.15, 0.2) is 42.5 Å². The molecule has 1 atom stereocenters. The first-order valence-corrected chi connectivity index (χ1v) is 8.80. The van der Waals surface area contributed by atoms with Gasteiger partial charge in [0.25, 0.3) is 0 Å². The number of carbonyl (C=O) groups is 1. The van der Waals surface area contributed by atoms with Crippen molar-refractivity contribution < 1.29 is 19.0 Å². The average Bonchev–Trinajstić information content (AvgIpc) is 3.18. The first-order valence-electron chi connectivity index (χ1n) is 8.80. The SMILES string of the molecule is COc1ccc([C@@H]2CCCN2C(=O)Cc2ccc(OC)c(OC)c2)cc1. The van der Waals surface area contributed by atoms with E-state index in [0.29, 0.717) is 17.9 Å². The molecule has 1 aliphatic rings. The van der Waals surface area contributed by atoms with Crippen molar-refractivity contribution in [1.82, 2.24) is 4.90 Å². The second kappa shape index (κ2) is 8.13. The molecule has 1 aliphatic heterocycles. The van der Waals surface area contributed by atoms with Crippen LogP contribution in [-0.2, 0) is 11.2 Å². The molecule has 0 radical (unpaired) electrons. The zero-order chi connectivity index (χ0) is 18.5. The molecular formula is C21H25NO4. The minimum atomic E-state index is 0.133. The van der Waals surface area contributed by atoms with Crippen LogP contribution in [0.4, 0.5) is 0 Å². The van der Waals surface area contributed by atoms with E-state index in [1.54, 1.807) is 21.3 Å². The number of hydrogen-bond donors (Lipinski definition) is 0. The Bertz CT molecular complexity index is 757. The van der Waals surface area contributed by atoms with Crippen molar-refractivity contribution in [2.24, 2.45) is 0 Å². The molecule has 26 heavy (non-hydrogen) atoms. The number of benzene rings is 2. The van der Waals surface area contributed by atoms with Gasteiger partial charge in [0.15, 0.2) is 11.5 Å². The molecule has 0 N–H and O–H groups in total. The Hall–Kier alpha value is -2.69. The van der Waals surface area contributed by atoms with Gasteiger partial charge in [-0.25, -0.2) is 0 Å². The van der Waals surface area contributed by atoms with Crippen molar-refractivity contribution in [3.8, 4) is 17.2 Å². The van der Waals surface area contributed by atoms with Crippen LogP contribution in [0, 0.1) is 0 Å². The lowest BCUT2D eigenvalue weighted by Crippen LogP contribution is -2.31. The third kappa shape index (κ3) is 3.77. The summed E-state index contributed by atoms with van der Waals surface area (Å²) < 4.78 is 15.8. The quantitative estimate of drug-likeness (QED) is 0.794. The van der Waals surface area contributed by atoms with Gasteiger partial charge in [-0.3, -0.25) is 4.79 Å². The van der Waals surface area contributed by atoms with Crippen LogP contribution in [0.5, 0.6) is 17.2 Å². The van der Waals surface area contributed by atoms with Crippen LogP contribution in [0.3, 0.4) is 0 Å². The molecule has 0 aliphatic carbocycles. The summed E-state index contributed by atoms with van der Waals surface area (Å²) in [6, 6.07) is 13.7. The molecule has 1 saturated heterocycles. The predicted molar refractivity (Wildman–Crippen MR) is 99.9 cm³/mol. The molecule has 0 bridgehead atoms. The Balaban J connectivity index is 1.74. The number of methoxy groups -OCH3 is 3. The first-order chi connectivity index (χ1) is 12.7. The summed E-state index contributed by atoms with van der Waals surface area (Å²) in [5.74, 6) is 2.28. The van der Waals surface area contributed by atoms with Gasteiger partial charge in [0.2, 0.25) is 5.91 Å². The number of nitrogens with zero attached hydrogens (tertiary/aromatic N) is 1. The van der Waals surface area contributed by atoms with Crippen molar-refractivity contribution in [1.29, 1.82) is 0 Å². The molecule has 5 heteroatoms. The minimum absolute atomic E-state index is 0.133. The van der Waals surface area contributed by atoms with E-state index in [4.69, 9.17) is 14.2 Å². The fourth-order valence-corrected chi connectivity index (χ4v) is 3.50. The molecule has 3 rings (SSSR count). The molecule has 5 nitrogen and oxygen atoms in total. The predicted octanol–water partition coefficient (Wildman–Crippen LogP) is 3.62. The smallest absolute Gasteiger partial charge is 0.227 e. The maximum atomic E-state index is 12.9. The molecule has 0 unspecified atom stereocenters. The number of amides is 1. The van der Waals surface area contributed by atoms with Gasteiger partial charge in [-0.05, 0) is 48.2 Å². The molecule has 0 saturated carbocycles. The number of hydrogen-bond acceptors (Lipinski definition) is 4. The number of carbonyl (C=O) groups excluding carboxylic acids is 1. The number of likely N-dealkylation sites (tertiary alicyclic amines) is 1. The summed E-state index contributed by atoms with van der Waals surface area (Å²) in [4.78, 5) is 14.9. The highest BCUT2D eigenvalue weighted by Gasteiger charge is 2.29. The van der Waals surface area contributed by atoms with E-state index >= 15 is 0 Å². The molecular weight excluding hydrogens is 330 g/mol. The molecule has 2 aromatic carbocycles. The van der Waals surface area contributed by atoms with Crippen LogP contribution in [0.1, 0.15) is 30.0 Å². The third-order valence-electron chi connectivity index (χ3n) is 4.88. The van der Waals surface area contributed by atoms with Gasteiger partial charge in [-0.1, -0.05) is 18.2 Å². The Kier molecular flexibility index (Phi) is 5.66. The highest BCUT2D eigenvalue weighted by atomic mass is 16.5. The lowest BCUT2D eigenvalue weighted by molar-refractivity contribution is -0.131. The maximum absolute atomic E-state index is 12.9. The summed E-state index contributed by atoms with van der Waals surface area (Å²) >= 11 is 0. The first kappa shape index (κ1) is 18.1. The molecule has 1 heterocycles. The van der Waals surface area contributed by atoms with Crippen LogP contribution >= 0.6 is 0 Å². The Labute approximate surface area is 154 Å². The monoisotopic (exact) mass is 355 g/mol. The molecule has 0 spiro atoms. The highest BCUT2D eigenvalue weighted by molar-refractivity contribution is 5.79. The van der Waals surface area contributed by atoms with E-state index in [2.05, 4.69) is 0 Å². The maximum Gasteiger partial charge on any atom is 0.227 e. The molecule has 138 valence electrons. The molecule has 1 fully saturated rings. The summed E-state index contributed by atoms with van der Waals surface area (Å²) in [7, 11) is 4.86. The zero-order valence-corrected chi connectivity index (χ0v) is 15.5. The Morgan fingerprint density at radius 1 is 1.00 bits per heavy atom. The fourth-order valence-electron chi connectivity index (χ4n) is 3.50. The van der Waals surface area contributed by atoms with Crippen LogP contribution in [0.25, 0.3) is 0 Å². The van der Waals surface area contributed by atoms with E-state index < -0.39 is 0 Å². The topological polar surface area (TPSA) is 48.0 Å². The van der Waals surface area contributed by atoms with Gasteiger partial charge in [0, 0.05) is 6.54 Å². The molecule has 0 aromatic heterocycles. The summed E-state index contributed by atoms with van der Waals surface area (Å²) in [5.41, 5.74) is 2.08. The van der Waals surface area contributed by atoms with Crippen molar-refractivity contribution in [2.75, 3.05) is 27.9 Å². The van der Waals surface area contributed by atoms with E-state index in [1.165, 1.54) is 0 Å². The van der Waals surface area contributed by atoms with E-state index in [-0.39, 0.29) is 11.9 Å². The van der Waals surface area contributed by atoms with E-state index in [9.17, 15) is 4.79 Å². The van der Waals surface area contributed by atoms with Crippen LogP contribution < -0.4 is 14.2 Å². The summed E-state index contributed by atoms with van der Waals surface area (Å²) in [5, 5.41) is 0. The van der Waals surface area contributed by atoms with Gasteiger partial charge in [0.1, 0.15) is 5.75 Å². The zero-order valence-electron chi connectivity index (χ0n) is 15.5. The normalized spacial score (nSPS) is 16.4. The molecule has 1 amide bonds. The summed E-state index contributed by atoms with van der Waals surface area (Å²) in [6.07, 6.45) is 2.37. The standard InChI is InChI=1S/C21H25NO4/c1-24-17-9-7-16(8-10-17)18-5-4-12-22(18)21(23)14-15-6-11-19(25-2)20(13-15)26-3/h6-11,13,18H,4-5,12,14H2,1-3H3/t18-/m0/s1. The Morgan fingerprint density at radius 3 is 2.38 bits per heavy atom. The van der Waals surface area contributed by atoms with Crippen LogP contribution in [-0.4, -0.2) is 38.7 Å². The van der Waals surface area contributed by atoms with Crippen molar-refractivity contribution >= 4 is 5.91 Å². The average molecular weight is 355 g/mol. The number of rotatable bonds is 6. The van der Waals surface area contributed by atoms with Gasteiger partial charge >= 0.3 is 0 Å². The van der Waals surface area contributed by atoms with Gasteiger partial charge in [0.05, 0.1) is 33.8 Å². The second-order valence-electron chi connectivity index (χ2n) is 6.38. The van der Waals surface area contributed by atoms with Gasteiger partial charge in [-0.15, -0.1) is 0 Å². The lowest BCUT2D eigenvalue weighted by Gasteiger charge is -2.25. The largest absolute Gasteiger partial charge is 0.497 e. The van der Waals surface area contributed by atoms with Gasteiger partial charge < -0.3 is 19.1 Å². The van der Waals surface area contributed by atoms with Crippen molar-refractivity contribution in [3.05, 3.63) is 53.6 Å². The van der Waals surface area contributed by atoms with E-state index in [0.717, 1.165) is 36.3 Å². The fraction of sp³-hybridized carbons (Fsp3) is 0.381. The Morgan fingerprint density at radius 2 is 1.73 bits per heavy atom.